The van der Waals surface area contributed by atoms with Crippen LogP contribution < -0.4 is 4.74 Å². The number of benzene rings is 1. The standard InChI is InChI=1S/C22H27NO5/c1-4-15-7-12-19(23-13-15)20(24)14-28-17-10-8-16(9-11-17)18(5-2)21(22(25)26)27-6-3/h7-13,18,21H,4-6,14H2,1-3H3,(H,25,26)/t18?,21-/m0/s1. The molecule has 150 valence electrons. The Balaban J connectivity index is 2.00. The Morgan fingerprint density at radius 3 is 2.29 bits per heavy atom. The van der Waals surface area contributed by atoms with E-state index in [2.05, 4.69) is 4.98 Å². The monoisotopic (exact) mass is 385 g/mol. The van der Waals surface area contributed by atoms with Gasteiger partial charge in [0.05, 0.1) is 0 Å². The van der Waals surface area contributed by atoms with Gasteiger partial charge in [0.2, 0.25) is 5.78 Å². The number of carboxylic acids is 1. The molecule has 0 aliphatic rings. The van der Waals surface area contributed by atoms with E-state index in [1.54, 1.807) is 31.3 Å². The molecule has 0 aliphatic heterocycles. The zero-order chi connectivity index (χ0) is 20.5. The summed E-state index contributed by atoms with van der Waals surface area (Å²) in [6.07, 6.45) is 2.31. The minimum atomic E-state index is -0.971. The third-order valence-corrected chi connectivity index (χ3v) is 4.59. The van der Waals surface area contributed by atoms with Crippen molar-refractivity contribution in [1.82, 2.24) is 4.98 Å². The first-order chi connectivity index (χ1) is 13.5. The quantitative estimate of drug-likeness (QED) is 0.591. The molecule has 2 aromatic rings. The zero-order valence-corrected chi connectivity index (χ0v) is 16.6. The van der Waals surface area contributed by atoms with E-state index >= 15 is 0 Å². The zero-order valence-electron chi connectivity index (χ0n) is 16.6. The van der Waals surface area contributed by atoms with Gasteiger partial charge in [0.1, 0.15) is 11.4 Å². The van der Waals surface area contributed by atoms with Gasteiger partial charge in [-0.15, -0.1) is 0 Å². The number of carboxylic acid groups (broad SMARTS) is 1. The van der Waals surface area contributed by atoms with Crippen molar-refractivity contribution in [3.63, 3.8) is 0 Å². The predicted octanol–water partition coefficient (Wildman–Crippen LogP) is 3.89. The molecule has 0 aliphatic carbocycles. The number of ether oxygens (including phenoxy) is 2. The summed E-state index contributed by atoms with van der Waals surface area (Å²) in [6, 6.07) is 10.7. The van der Waals surface area contributed by atoms with Gasteiger partial charge < -0.3 is 14.6 Å². The van der Waals surface area contributed by atoms with Gasteiger partial charge in [0, 0.05) is 18.7 Å². The largest absolute Gasteiger partial charge is 0.485 e. The molecule has 28 heavy (non-hydrogen) atoms. The minimum Gasteiger partial charge on any atom is -0.485 e. The highest BCUT2D eigenvalue weighted by Gasteiger charge is 2.28. The minimum absolute atomic E-state index is 0.105. The second-order valence-electron chi connectivity index (χ2n) is 6.42. The molecular weight excluding hydrogens is 358 g/mol. The first kappa shape index (κ1) is 21.6. The topological polar surface area (TPSA) is 85.7 Å². The van der Waals surface area contributed by atoms with Crippen molar-refractivity contribution >= 4 is 11.8 Å². The smallest absolute Gasteiger partial charge is 0.333 e. The Kier molecular flexibility index (Phi) is 8.14. The van der Waals surface area contributed by atoms with Gasteiger partial charge >= 0.3 is 5.97 Å². The van der Waals surface area contributed by atoms with E-state index in [0.29, 0.717) is 24.5 Å². The Bertz CT molecular complexity index is 771. The summed E-state index contributed by atoms with van der Waals surface area (Å²) in [7, 11) is 0. The van der Waals surface area contributed by atoms with Crippen molar-refractivity contribution in [2.24, 2.45) is 0 Å². The number of aryl methyl sites for hydroxylation is 1. The Hall–Kier alpha value is -2.73. The third kappa shape index (κ3) is 5.63. The Labute approximate surface area is 165 Å². The molecule has 6 nitrogen and oxygen atoms in total. The fourth-order valence-electron chi connectivity index (χ4n) is 3.00. The molecular formula is C22H27NO5. The second kappa shape index (κ2) is 10.6. The summed E-state index contributed by atoms with van der Waals surface area (Å²) in [5.41, 5.74) is 2.31. The number of carbonyl (C=O) groups is 2. The van der Waals surface area contributed by atoms with Crippen molar-refractivity contribution in [2.45, 2.75) is 45.6 Å². The van der Waals surface area contributed by atoms with Crippen LogP contribution in [0.2, 0.25) is 0 Å². The van der Waals surface area contributed by atoms with Crippen molar-refractivity contribution in [1.29, 1.82) is 0 Å². The highest BCUT2D eigenvalue weighted by Crippen LogP contribution is 2.27. The SMILES string of the molecule is CCO[C@H](C(=O)O)C(CC)c1ccc(OCC(=O)c2ccc(CC)cn2)cc1. The molecule has 0 amide bonds. The van der Waals surface area contributed by atoms with Crippen LogP contribution in [-0.4, -0.2) is 41.2 Å². The summed E-state index contributed by atoms with van der Waals surface area (Å²) >= 11 is 0. The third-order valence-electron chi connectivity index (χ3n) is 4.59. The molecule has 1 aromatic carbocycles. The number of hydrogen-bond acceptors (Lipinski definition) is 5. The number of pyridine rings is 1. The van der Waals surface area contributed by atoms with Gasteiger partial charge in [0.15, 0.2) is 12.7 Å². The maximum Gasteiger partial charge on any atom is 0.333 e. The number of rotatable bonds is 11. The van der Waals surface area contributed by atoms with Gasteiger partial charge in [-0.3, -0.25) is 9.78 Å². The van der Waals surface area contributed by atoms with Gasteiger partial charge in [-0.25, -0.2) is 4.79 Å². The molecule has 0 spiro atoms. The number of hydrogen-bond donors (Lipinski definition) is 1. The van der Waals surface area contributed by atoms with E-state index in [1.165, 1.54) is 0 Å². The van der Waals surface area contributed by atoms with Crippen LogP contribution in [0, 0.1) is 0 Å². The van der Waals surface area contributed by atoms with Crippen LogP contribution in [-0.2, 0) is 16.0 Å². The molecule has 2 rings (SSSR count). The molecule has 0 radical (unpaired) electrons. The molecule has 1 heterocycles. The summed E-state index contributed by atoms with van der Waals surface area (Å²) in [6.45, 7) is 5.97. The summed E-state index contributed by atoms with van der Waals surface area (Å²) in [4.78, 5) is 27.9. The van der Waals surface area contributed by atoms with Gasteiger partial charge in [0.25, 0.3) is 0 Å². The van der Waals surface area contributed by atoms with Crippen LogP contribution in [0.15, 0.2) is 42.6 Å². The van der Waals surface area contributed by atoms with Crippen molar-refractivity contribution in [3.8, 4) is 5.75 Å². The molecule has 1 N–H and O–H groups in total. The van der Waals surface area contributed by atoms with Crippen LogP contribution >= 0.6 is 0 Å². The van der Waals surface area contributed by atoms with Gasteiger partial charge in [-0.1, -0.05) is 32.0 Å². The average Bonchev–Trinajstić information content (AvgIpc) is 2.72. The molecule has 1 aromatic heterocycles. The summed E-state index contributed by atoms with van der Waals surface area (Å²) < 4.78 is 11.0. The Morgan fingerprint density at radius 2 is 1.79 bits per heavy atom. The molecule has 2 atom stereocenters. The number of ketones is 1. The first-order valence-corrected chi connectivity index (χ1v) is 9.55. The van der Waals surface area contributed by atoms with E-state index in [-0.39, 0.29) is 18.3 Å². The summed E-state index contributed by atoms with van der Waals surface area (Å²) in [5.74, 6) is -0.878. The van der Waals surface area contributed by atoms with E-state index in [0.717, 1.165) is 17.5 Å². The van der Waals surface area contributed by atoms with E-state index in [1.807, 2.05) is 32.0 Å². The lowest BCUT2D eigenvalue weighted by Gasteiger charge is -2.23. The fourth-order valence-corrected chi connectivity index (χ4v) is 3.00. The molecule has 6 heteroatoms. The molecule has 0 saturated carbocycles. The van der Waals surface area contributed by atoms with Crippen LogP contribution in [0.25, 0.3) is 0 Å². The molecule has 0 saturated heterocycles. The lowest BCUT2D eigenvalue weighted by molar-refractivity contribution is -0.151. The molecule has 1 unspecified atom stereocenters. The van der Waals surface area contributed by atoms with Gasteiger partial charge in [-0.2, -0.15) is 0 Å². The van der Waals surface area contributed by atoms with Crippen molar-refractivity contribution in [2.75, 3.05) is 13.2 Å². The van der Waals surface area contributed by atoms with Crippen molar-refractivity contribution < 1.29 is 24.2 Å². The highest BCUT2D eigenvalue weighted by molar-refractivity contribution is 5.95. The number of aromatic nitrogens is 1. The maximum atomic E-state index is 12.2. The average molecular weight is 385 g/mol. The summed E-state index contributed by atoms with van der Waals surface area (Å²) in [5, 5.41) is 9.42. The van der Waals surface area contributed by atoms with E-state index in [9.17, 15) is 14.7 Å². The normalized spacial score (nSPS) is 13.0. The predicted molar refractivity (Wildman–Crippen MR) is 106 cm³/mol. The lowest BCUT2D eigenvalue weighted by Crippen LogP contribution is -2.30. The van der Waals surface area contributed by atoms with Crippen LogP contribution in [0.1, 0.15) is 54.7 Å². The molecule has 0 bridgehead atoms. The lowest BCUT2D eigenvalue weighted by atomic mass is 9.91. The second-order valence-corrected chi connectivity index (χ2v) is 6.42. The maximum absolute atomic E-state index is 12.2. The number of aliphatic carboxylic acids is 1. The number of Topliss-reactive ketones (excluding diaryl/α,β-unsaturated/α-hetero) is 1. The van der Waals surface area contributed by atoms with Crippen LogP contribution in [0.5, 0.6) is 5.75 Å². The Morgan fingerprint density at radius 1 is 1.07 bits per heavy atom. The van der Waals surface area contributed by atoms with Crippen LogP contribution in [0.4, 0.5) is 0 Å². The fraction of sp³-hybridized carbons (Fsp3) is 0.409. The van der Waals surface area contributed by atoms with E-state index < -0.39 is 12.1 Å². The van der Waals surface area contributed by atoms with Crippen molar-refractivity contribution in [3.05, 3.63) is 59.4 Å². The van der Waals surface area contributed by atoms with Gasteiger partial charge in [-0.05, 0) is 49.1 Å². The highest BCUT2D eigenvalue weighted by atomic mass is 16.5. The molecule has 0 fully saturated rings. The number of carbonyl (C=O) groups excluding carboxylic acids is 1. The van der Waals surface area contributed by atoms with E-state index in [4.69, 9.17) is 9.47 Å². The first-order valence-electron chi connectivity index (χ1n) is 9.55. The van der Waals surface area contributed by atoms with Crippen LogP contribution in [0.3, 0.4) is 0 Å². The number of nitrogens with zero attached hydrogens (tertiary/aromatic N) is 1.